The van der Waals surface area contributed by atoms with Gasteiger partial charge in [0.15, 0.2) is 0 Å². The predicted octanol–water partition coefficient (Wildman–Crippen LogP) is 2.93. The quantitative estimate of drug-likeness (QED) is 0.539. The van der Waals surface area contributed by atoms with Crippen LogP contribution in [0, 0.1) is 20.2 Å². The van der Waals surface area contributed by atoms with E-state index in [4.69, 9.17) is 0 Å². The number of fused-ring (bicyclic) bond motifs is 1. The first kappa shape index (κ1) is 14.9. The molecule has 0 aliphatic heterocycles. The van der Waals surface area contributed by atoms with Crippen LogP contribution in [0.3, 0.4) is 0 Å². The Labute approximate surface area is 132 Å². The molecule has 0 radical (unpaired) electrons. The van der Waals surface area contributed by atoms with Crippen LogP contribution >= 0.6 is 11.3 Å². The third-order valence-corrected chi connectivity index (χ3v) is 4.34. The maximum atomic E-state index is 12.5. The molecule has 0 saturated carbocycles. The lowest BCUT2D eigenvalue weighted by Crippen LogP contribution is -2.20. The molecule has 8 nitrogen and oxygen atoms in total. The zero-order chi connectivity index (χ0) is 16.6. The van der Waals surface area contributed by atoms with E-state index in [1.54, 1.807) is 12.1 Å². The van der Waals surface area contributed by atoms with E-state index in [1.807, 2.05) is 0 Å². The van der Waals surface area contributed by atoms with E-state index in [2.05, 4.69) is 0 Å². The number of pyridine rings is 1. The van der Waals surface area contributed by atoms with Crippen LogP contribution in [0.5, 0.6) is 0 Å². The zero-order valence-electron chi connectivity index (χ0n) is 11.5. The summed E-state index contributed by atoms with van der Waals surface area (Å²) in [5, 5.41) is 22.4. The average Bonchev–Trinajstić information content (AvgIpc) is 2.99. The van der Waals surface area contributed by atoms with Crippen molar-refractivity contribution in [1.82, 2.24) is 4.57 Å². The van der Waals surface area contributed by atoms with Gasteiger partial charge in [-0.25, -0.2) is 0 Å². The SMILES string of the molecule is O=c1c2ccccc2c([N+](=O)[O-])cn1Cc1ccc([N+](=O)[O-])s1. The van der Waals surface area contributed by atoms with Gasteiger partial charge in [-0.05, 0) is 18.2 Å². The van der Waals surface area contributed by atoms with Crippen molar-refractivity contribution in [2.24, 2.45) is 0 Å². The van der Waals surface area contributed by atoms with Crippen LogP contribution in [-0.2, 0) is 6.54 Å². The number of nitrogens with zero attached hydrogens (tertiary/aromatic N) is 3. The highest BCUT2D eigenvalue weighted by atomic mass is 32.1. The van der Waals surface area contributed by atoms with Gasteiger partial charge in [0.25, 0.3) is 11.2 Å². The maximum Gasteiger partial charge on any atom is 0.324 e. The van der Waals surface area contributed by atoms with Gasteiger partial charge < -0.3 is 4.57 Å². The van der Waals surface area contributed by atoms with Crippen molar-refractivity contribution in [2.45, 2.75) is 6.54 Å². The number of hydrogen-bond donors (Lipinski definition) is 0. The fourth-order valence-corrected chi connectivity index (χ4v) is 3.12. The molecule has 0 N–H and O–H groups in total. The second-order valence-electron chi connectivity index (χ2n) is 4.75. The summed E-state index contributed by atoms with van der Waals surface area (Å²) in [5.74, 6) is 0. The van der Waals surface area contributed by atoms with E-state index in [0.717, 1.165) is 11.3 Å². The van der Waals surface area contributed by atoms with Crippen molar-refractivity contribution in [3.63, 3.8) is 0 Å². The van der Waals surface area contributed by atoms with Crippen molar-refractivity contribution >= 4 is 32.8 Å². The molecule has 0 bridgehead atoms. The van der Waals surface area contributed by atoms with Crippen molar-refractivity contribution in [3.05, 3.63) is 78.1 Å². The van der Waals surface area contributed by atoms with E-state index in [0.29, 0.717) is 4.88 Å². The molecule has 116 valence electrons. The molecule has 0 spiro atoms. The Hall–Kier alpha value is -3.07. The molecule has 2 heterocycles. The van der Waals surface area contributed by atoms with E-state index in [1.165, 1.54) is 35.0 Å². The Balaban J connectivity index is 2.13. The molecule has 9 heteroatoms. The van der Waals surface area contributed by atoms with Crippen molar-refractivity contribution in [1.29, 1.82) is 0 Å². The number of rotatable bonds is 4. The summed E-state index contributed by atoms with van der Waals surface area (Å²) in [7, 11) is 0. The summed E-state index contributed by atoms with van der Waals surface area (Å²) in [5.41, 5.74) is -0.548. The summed E-state index contributed by atoms with van der Waals surface area (Å²) >= 11 is 0.936. The molecule has 0 aliphatic rings. The summed E-state index contributed by atoms with van der Waals surface area (Å²) in [6.07, 6.45) is 1.18. The fourth-order valence-electron chi connectivity index (χ4n) is 2.30. The minimum Gasteiger partial charge on any atom is -0.303 e. The molecule has 3 aromatic rings. The van der Waals surface area contributed by atoms with Gasteiger partial charge in [-0.15, -0.1) is 0 Å². The number of hydrogen-bond acceptors (Lipinski definition) is 6. The lowest BCUT2D eigenvalue weighted by molar-refractivity contribution is -0.383. The largest absolute Gasteiger partial charge is 0.324 e. The number of aromatic nitrogens is 1. The van der Waals surface area contributed by atoms with Gasteiger partial charge in [0.2, 0.25) is 0 Å². The Morgan fingerprint density at radius 1 is 1.00 bits per heavy atom. The van der Waals surface area contributed by atoms with Crippen LogP contribution < -0.4 is 5.56 Å². The first-order valence-electron chi connectivity index (χ1n) is 6.47. The standard InChI is InChI=1S/C14H9N3O5S/c18-14-11-4-2-1-3-10(11)12(16(19)20)8-15(14)7-9-5-6-13(23-9)17(21)22/h1-6,8H,7H2. The van der Waals surface area contributed by atoms with E-state index < -0.39 is 9.85 Å². The molecular weight excluding hydrogens is 322 g/mol. The van der Waals surface area contributed by atoms with Gasteiger partial charge in [0.05, 0.1) is 33.4 Å². The smallest absolute Gasteiger partial charge is 0.303 e. The summed E-state index contributed by atoms with van der Waals surface area (Å²) in [6, 6.07) is 9.19. The zero-order valence-corrected chi connectivity index (χ0v) is 12.4. The fraction of sp³-hybridized carbons (Fsp3) is 0.0714. The van der Waals surface area contributed by atoms with Crippen molar-refractivity contribution < 1.29 is 9.85 Å². The highest BCUT2D eigenvalue weighted by molar-refractivity contribution is 7.15. The number of thiophene rings is 1. The van der Waals surface area contributed by atoms with Gasteiger partial charge in [0.1, 0.15) is 0 Å². The second kappa shape index (κ2) is 5.61. The highest BCUT2D eigenvalue weighted by Gasteiger charge is 2.18. The molecule has 2 aromatic heterocycles. The Morgan fingerprint density at radius 3 is 2.30 bits per heavy atom. The second-order valence-corrected chi connectivity index (χ2v) is 5.89. The van der Waals surface area contributed by atoms with Crippen LogP contribution in [0.4, 0.5) is 10.7 Å². The topological polar surface area (TPSA) is 108 Å². The predicted molar refractivity (Wildman–Crippen MR) is 84.9 cm³/mol. The lowest BCUT2D eigenvalue weighted by atomic mass is 10.1. The van der Waals surface area contributed by atoms with Crippen LogP contribution in [-0.4, -0.2) is 14.4 Å². The Bertz CT molecular complexity index is 991. The molecular formula is C14H9N3O5S. The molecule has 3 rings (SSSR count). The Morgan fingerprint density at radius 2 is 1.70 bits per heavy atom. The minimum absolute atomic E-state index is 0.0386. The molecule has 0 aliphatic carbocycles. The van der Waals surface area contributed by atoms with E-state index in [-0.39, 0.29) is 33.6 Å². The van der Waals surface area contributed by atoms with E-state index in [9.17, 15) is 25.0 Å². The molecule has 0 unspecified atom stereocenters. The third kappa shape index (κ3) is 2.69. The Kier molecular flexibility index (Phi) is 3.62. The van der Waals surface area contributed by atoms with Crippen molar-refractivity contribution in [3.8, 4) is 0 Å². The van der Waals surface area contributed by atoms with Gasteiger partial charge >= 0.3 is 5.00 Å². The minimum atomic E-state index is -0.546. The van der Waals surface area contributed by atoms with Gasteiger partial charge in [-0.3, -0.25) is 25.0 Å². The maximum absolute atomic E-state index is 12.5. The summed E-state index contributed by atoms with van der Waals surface area (Å²) < 4.78 is 1.20. The molecule has 0 saturated heterocycles. The van der Waals surface area contributed by atoms with Gasteiger partial charge in [-0.1, -0.05) is 23.5 Å². The average molecular weight is 331 g/mol. The molecule has 0 fully saturated rings. The molecule has 0 amide bonds. The third-order valence-electron chi connectivity index (χ3n) is 3.32. The van der Waals surface area contributed by atoms with Crippen LogP contribution in [0.25, 0.3) is 10.8 Å². The first-order chi connectivity index (χ1) is 11.0. The highest BCUT2D eigenvalue weighted by Crippen LogP contribution is 2.26. The summed E-state index contributed by atoms with van der Waals surface area (Å²) in [6.45, 7) is 0.0447. The molecule has 23 heavy (non-hydrogen) atoms. The van der Waals surface area contributed by atoms with Crippen LogP contribution in [0.1, 0.15) is 4.88 Å². The molecule has 1 aromatic carbocycles. The number of benzene rings is 1. The lowest BCUT2D eigenvalue weighted by Gasteiger charge is -2.06. The van der Waals surface area contributed by atoms with Gasteiger partial charge in [0, 0.05) is 10.9 Å². The normalized spacial score (nSPS) is 10.8. The molecule has 0 atom stereocenters. The van der Waals surface area contributed by atoms with Crippen molar-refractivity contribution in [2.75, 3.05) is 0 Å². The first-order valence-corrected chi connectivity index (χ1v) is 7.28. The van der Waals surface area contributed by atoms with E-state index >= 15 is 0 Å². The van der Waals surface area contributed by atoms with Crippen LogP contribution in [0.15, 0.2) is 47.4 Å². The van der Waals surface area contributed by atoms with Crippen LogP contribution in [0.2, 0.25) is 0 Å². The summed E-state index contributed by atoms with van der Waals surface area (Å²) in [4.78, 5) is 33.9. The van der Waals surface area contributed by atoms with Gasteiger partial charge in [-0.2, -0.15) is 0 Å². The number of nitro groups is 2. The monoisotopic (exact) mass is 331 g/mol.